The van der Waals surface area contributed by atoms with Crippen molar-refractivity contribution in [2.75, 3.05) is 13.3 Å². The van der Waals surface area contributed by atoms with Crippen molar-refractivity contribution < 1.29 is 9.84 Å². The van der Waals surface area contributed by atoms with E-state index in [-0.39, 0.29) is 6.61 Å². The van der Waals surface area contributed by atoms with E-state index in [4.69, 9.17) is 4.74 Å². The van der Waals surface area contributed by atoms with Gasteiger partial charge in [0.25, 0.3) is 0 Å². The van der Waals surface area contributed by atoms with Crippen LogP contribution in [0.3, 0.4) is 0 Å². The average Bonchev–Trinajstić information content (AvgIpc) is 2.30. The Morgan fingerprint density at radius 1 is 1.38 bits per heavy atom. The molecule has 84 valence electrons. The number of benzene rings is 1. The lowest BCUT2D eigenvalue weighted by atomic mass is 10.0. The number of hydrogen-bond acceptors (Lipinski definition) is 3. The Morgan fingerprint density at radius 2 is 2.06 bits per heavy atom. The SMILES string of the molecule is CC1=NCOC(c2ccc(Br)cc2)=C1CO. The topological polar surface area (TPSA) is 41.8 Å². The number of rotatable bonds is 2. The smallest absolute Gasteiger partial charge is 0.179 e. The molecule has 4 heteroatoms. The summed E-state index contributed by atoms with van der Waals surface area (Å²) in [5.41, 5.74) is 2.56. The Kier molecular flexibility index (Phi) is 3.41. The van der Waals surface area contributed by atoms with Crippen LogP contribution >= 0.6 is 15.9 Å². The van der Waals surface area contributed by atoms with Gasteiger partial charge in [0.2, 0.25) is 0 Å². The van der Waals surface area contributed by atoms with Crippen LogP contribution in [0.2, 0.25) is 0 Å². The largest absolute Gasteiger partial charge is 0.470 e. The van der Waals surface area contributed by atoms with Crippen molar-refractivity contribution in [2.24, 2.45) is 4.99 Å². The van der Waals surface area contributed by atoms with Crippen molar-refractivity contribution in [2.45, 2.75) is 6.92 Å². The van der Waals surface area contributed by atoms with E-state index >= 15 is 0 Å². The molecule has 0 aliphatic carbocycles. The van der Waals surface area contributed by atoms with Crippen molar-refractivity contribution in [3.63, 3.8) is 0 Å². The summed E-state index contributed by atoms with van der Waals surface area (Å²) in [5.74, 6) is 0.725. The third-order valence-corrected chi connectivity index (χ3v) is 3.01. The number of halogens is 1. The maximum Gasteiger partial charge on any atom is 0.179 e. The molecule has 1 aromatic rings. The molecule has 0 aromatic heterocycles. The van der Waals surface area contributed by atoms with E-state index < -0.39 is 0 Å². The zero-order chi connectivity index (χ0) is 11.5. The molecule has 1 heterocycles. The molecule has 0 fully saturated rings. The van der Waals surface area contributed by atoms with Gasteiger partial charge in [0.05, 0.1) is 6.61 Å². The maximum absolute atomic E-state index is 9.32. The summed E-state index contributed by atoms with van der Waals surface area (Å²) < 4.78 is 6.51. The van der Waals surface area contributed by atoms with Crippen LogP contribution in [0.4, 0.5) is 0 Å². The Balaban J connectivity index is 2.45. The van der Waals surface area contributed by atoms with Gasteiger partial charge in [-0.2, -0.15) is 0 Å². The number of hydrogen-bond donors (Lipinski definition) is 1. The van der Waals surface area contributed by atoms with Crippen LogP contribution in [0.5, 0.6) is 0 Å². The third kappa shape index (κ3) is 2.18. The van der Waals surface area contributed by atoms with Gasteiger partial charge < -0.3 is 9.84 Å². The normalized spacial score (nSPS) is 15.8. The molecular formula is C12H12BrNO2. The predicted octanol–water partition coefficient (Wildman–Crippen LogP) is 2.60. The first-order valence-corrected chi connectivity index (χ1v) is 5.76. The lowest BCUT2D eigenvalue weighted by Gasteiger charge is -2.19. The van der Waals surface area contributed by atoms with E-state index in [2.05, 4.69) is 20.9 Å². The van der Waals surface area contributed by atoms with Crippen LogP contribution in [0, 0.1) is 0 Å². The molecule has 0 saturated carbocycles. The van der Waals surface area contributed by atoms with Gasteiger partial charge in [0.15, 0.2) is 6.73 Å². The molecule has 0 atom stereocenters. The van der Waals surface area contributed by atoms with Crippen LogP contribution < -0.4 is 0 Å². The molecule has 2 rings (SSSR count). The average molecular weight is 282 g/mol. The van der Waals surface area contributed by atoms with Crippen molar-refractivity contribution in [3.05, 3.63) is 39.9 Å². The van der Waals surface area contributed by atoms with Crippen LogP contribution in [0.1, 0.15) is 12.5 Å². The second kappa shape index (κ2) is 4.80. The number of ether oxygens (including phenoxy) is 1. The minimum absolute atomic E-state index is 0.0548. The van der Waals surface area contributed by atoms with Crippen molar-refractivity contribution >= 4 is 27.4 Å². The van der Waals surface area contributed by atoms with Crippen molar-refractivity contribution in [1.29, 1.82) is 0 Å². The number of aliphatic imine (C=N–C) groups is 1. The van der Waals surface area contributed by atoms with E-state index in [0.29, 0.717) is 6.73 Å². The molecule has 0 spiro atoms. The minimum atomic E-state index is -0.0548. The highest BCUT2D eigenvalue weighted by Crippen LogP contribution is 2.25. The van der Waals surface area contributed by atoms with Crippen molar-refractivity contribution in [3.8, 4) is 0 Å². The second-order valence-electron chi connectivity index (χ2n) is 3.49. The molecule has 0 saturated heterocycles. The Labute approximate surface area is 103 Å². The lowest BCUT2D eigenvalue weighted by molar-refractivity contribution is 0.272. The van der Waals surface area contributed by atoms with Gasteiger partial charge in [-0.1, -0.05) is 28.1 Å². The Hall–Kier alpha value is -1.13. The quantitative estimate of drug-likeness (QED) is 0.906. The molecule has 0 unspecified atom stereocenters. The Bertz CT molecular complexity index is 449. The lowest BCUT2D eigenvalue weighted by Crippen LogP contribution is -2.14. The molecule has 16 heavy (non-hydrogen) atoms. The molecule has 0 amide bonds. The molecule has 1 N–H and O–H groups in total. The first-order valence-electron chi connectivity index (χ1n) is 4.96. The zero-order valence-electron chi connectivity index (χ0n) is 8.90. The number of nitrogens with zero attached hydrogens (tertiary/aromatic N) is 1. The van der Waals surface area contributed by atoms with Gasteiger partial charge in [0, 0.05) is 21.3 Å². The minimum Gasteiger partial charge on any atom is -0.470 e. The summed E-state index contributed by atoms with van der Waals surface area (Å²) >= 11 is 3.38. The highest BCUT2D eigenvalue weighted by Gasteiger charge is 2.16. The fourth-order valence-electron chi connectivity index (χ4n) is 1.59. The molecule has 3 nitrogen and oxygen atoms in total. The predicted molar refractivity (Wildman–Crippen MR) is 67.2 cm³/mol. The van der Waals surface area contributed by atoms with E-state index in [9.17, 15) is 5.11 Å². The third-order valence-electron chi connectivity index (χ3n) is 2.49. The van der Waals surface area contributed by atoms with Gasteiger partial charge in [0.1, 0.15) is 5.76 Å². The highest BCUT2D eigenvalue weighted by molar-refractivity contribution is 9.10. The van der Waals surface area contributed by atoms with Crippen LogP contribution in [-0.2, 0) is 4.74 Å². The summed E-state index contributed by atoms with van der Waals surface area (Å²) in [6.45, 7) is 2.15. The van der Waals surface area contributed by atoms with E-state index in [1.165, 1.54) is 0 Å². The monoisotopic (exact) mass is 281 g/mol. The maximum atomic E-state index is 9.32. The molecule has 0 radical (unpaired) electrons. The highest BCUT2D eigenvalue weighted by atomic mass is 79.9. The summed E-state index contributed by atoms with van der Waals surface area (Å²) in [4.78, 5) is 4.14. The van der Waals surface area contributed by atoms with Crippen LogP contribution in [0.15, 0.2) is 39.3 Å². The number of aliphatic hydroxyl groups excluding tert-OH is 1. The first kappa shape index (κ1) is 11.4. The summed E-state index contributed by atoms with van der Waals surface area (Å²) in [7, 11) is 0. The van der Waals surface area contributed by atoms with Gasteiger partial charge in [-0.3, -0.25) is 4.99 Å². The van der Waals surface area contributed by atoms with Crippen molar-refractivity contribution in [1.82, 2.24) is 0 Å². The fraction of sp³-hybridized carbons (Fsp3) is 0.250. The van der Waals surface area contributed by atoms with Crippen LogP contribution in [-0.4, -0.2) is 24.2 Å². The van der Waals surface area contributed by atoms with E-state index in [1.807, 2.05) is 31.2 Å². The summed E-state index contributed by atoms with van der Waals surface area (Å²) in [5, 5.41) is 9.32. The standard InChI is InChI=1S/C12H12BrNO2/c1-8-11(6-15)12(16-7-14-8)9-2-4-10(13)5-3-9/h2-5,15H,6-7H2,1H3. The van der Waals surface area contributed by atoms with Gasteiger partial charge >= 0.3 is 0 Å². The zero-order valence-corrected chi connectivity index (χ0v) is 10.5. The molecule has 1 aromatic carbocycles. The summed E-state index contributed by atoms with van der Waals surface area (Å²) in [6.07, 6.45) is 0. The molecule has 1 aliphatic rings. The van der Waals surface area contributed by atoms with E-state index in [0.717, 1.165) is 27.1 Å². The van der Waals surface area contributed by atoms with Gasteiger partial charge in [-0.15, -0.1) is 0 Å². The van der Waals surface area contributed by atoms with Gasteiger partial charge in [-0.25, -0.2) is 0 Å². The Morgan fingerprint density at radius 3 is 2.69 bits per heavy atom. The second-order valence-corrected chi connectivity index (χ2v) is 4.41. The van der Waals surface area contributed by atoms with Gasteiger partial charge in [-0.05, 0) is 19.1 Å². The first-order chi connectivity index (χ1) is 7.72. The number of aliphatic hydroxyl groups is 1. The fourth-order valence-corrected chi connectivity index (χ4v) is 1.85. The van der Waals surface area contributed by atoms with Crippen LogP contribution in [0.25, 0.3) is 5.76 Å². The molecule has 0 bridgehead atoms. The molecule has 1 aliphatic heterocycles. The summed E-state index contributed by atoms with van der Waals surface area (Å²) in [6, 6.07) is 7.80. The van der Waals surface area contributed by atoms with E-state index in [1.54, 1.807) is 0 Å². The molecular weight excluding hydrogens is 270 g/mol.